The first-order valence-electron chi connectivity index (χ1n) is 14.9. The summed E-state index contributed by atoms with van der Waals surface area (Å²) in [5.74, 6) is 0.456. The summed E-state index contributed by atoms with van der Waals surface area (Å²) in [5, 5.41) is 10.1. The lowest BCUT2D eigenvalue weighted by atomic mass is 9.90. The summed E-state index contributed by atoms with van der Waals surface area (Å²) in [7, 11) is -1.82. The van der Waals surface area contributed by atoms with E-state index in [4.69, 9.17) is 0 Å². The molecule has 2 nitrogen and oxygen atoms in total. The smallest absolute Gasteiger partial charge is 0.104 e. The average Bonchev–Trinajstić information content (AvgIpc) is 3.59. The molecule has 3 heterocycles. The van der Waals surface area contributed by atoms with Crippen LogP contribution in [0.1, 0.15) is 13.3 Å². The van der Waals surface area contributed by atoms with Crippen LogP contribution in [0.4, 0.5) is 0 Å². The first-order valence-corrected chi connectivity index (χ1v) is 17.9. The van der Waals surface area contributed by atoms with Gasteiger partial charge in [0.2, 0.25) is 0 Å². The van der Waals surface area contributed by atoms with E-state index >= 15 is 0 Å². The van der Waals surface area contributed by atoms with E-state index in [2.05, 4.69) is 151 Å². The molecular weight excluding hydrogens is 525 g/mol. The monoisotopic (exact) mass is 558 g/mol. The van der Waals surface area contributed by atoms with Crippen molar-refractivity contribution in [2.24, 2.45) is 5.92 Å². The predicted molar refractivity (Wildman–Crippen MR) is 182 cm³/mol. The molecule has 0 bridgehead atoms. The maximum absolute atomic E-state index is 3.94. The van der Waals surface area contributed by atoms with E-state index in [9.17, 15) is 0 Å². The van der Waals surface area contributed by atoms with Crippen molar-refractivity contribution in [3.05, 3.63) is 143 Å². The highest BCUT2D eigenvalue weighted by atomic mass is 28.3. The lowest BCUT2D eigenvalue weighted by Crippen LogP contribution is -2.42. The number of fused-ring (bicyclic) bond motifs is 7. The Balaban J connectivity index is 1.46. The van der Waals surface area contributed by atoms with Crippen molar-refractivity contribution in [1.82, 2.24) is 9.13 Å². The molecule has 0 amide bonds. The van der Waals surface area contributed by atoms with Gasteiger partial charge in [-0.3, -0.25) is 0 Å². The van der Waals surface area contributed by atoms with Crippen LogP contribution >= 0.6 is 0 Å². The van der Waals surface area contributed by atoms with Gasteiger partial charge >= 0.3 is 0 Å². The van der Waals surface area contributed by atoms with Crippen LogP contribution in [-0.2, 0) is 0 Å². The number of aromatic nitrogens is 2. The number of benzene rings is 4. The fourth-order valence-corrected chi connectivity index (χ4v) is 11.2. The number of para-hydroxylation sites is 3. The van der Waals surface area contributed by atoms with Crippen molar-refractivity contribution < 1.29 is 0 Å². The number of hydrogen-bond acceptors (Lipinski definition) is 0. The zero-order valence-electron chi connectivity index (χ0n) is 24.4. The standard InChI is InChI=1S/C39H34N2Si/c1-5-6-16-29-26(2)42(3,4)39-32(29)23-24-36-38(39)33-18-11-13-20-35(33)41(36)28-21-22-31-30-17-10-12-19-34(30)40(37(31)25-28)27-14-8-7-9-15-27/h5-22,24-25,32H,1,23H2,2-4H3/b16-6-. The van der Waals surface area contributed by atoms with Crippen molar-refractivity contribution in [2.75, 3.05) is 0 Å². The average molecular weight is 559 g/mol. The molecule has 1 aliphatic heterocycles. The topological polar surface area (TPSA) is 9.86 Å². The first kappa shape index (κ1) is 25.1. The Morgan fingerprint density at radius 3 is 2.17 bits per heavy atom. The maximum Gasteiger partial charge on any atom is 0.104 e. The van der Waals surface area contributed by atoms with E-state index in [1.54, 1.807) is 10.4 Å². The molecule has 0 fully saturated rings. The predicted octanol–water partition coefficient (Wildman–Crippen LogP) is 8.54. The number of hydrogen-bond donors (Lipinski definition) is 0. The van der Waals surface area contributed by atoms with Gasteiger partial charge in [0.25, 0.3) is 0 Å². The van der Waals surface area contributed by atoms with Crippen LogP contribution in [0.3, 0.4) is 0 Å². The van der Waals surface area contributed by atoms with Crippen LogP contribution in [0, 0.1) is 5.92 Å². The molecule has 0 N–H and O–H groups in total. The summed E-state index contributed by atoms with van der Waals surface area (Å²) < 4.78 is 4.94. The molecule has 204 valence electrons. The molecule has 6 aromatic rings. The van der Waals surface area contributed by atoms with Crippen molar-refractivity contribution >= 4 is 52.1 Å². The van der Waals surface area contributed by atoms with Gasteiger partial charge in [0.15, 0.2) is 0 Å². The van der Waals surface area contributed by atoms with Crippen LogP contribution in [0.25, 0.3) is 55.4 Å². The summed E-state index contributed by atoms with van der Waals surface area (Å²) in [6.45, 7) is 11.4. The van der Waals surface area contributed by atoms with Crippen molar-refractivity contribution in [3.8, 4) is 11.4 Å². The van der Waals surface area contributed by atoms with Crippen LogP contribution in [0.5, 0.6) is 0 Å². The Hall–Kier alpha value is -4.60. The molecule has 2 aliphatic rings. The highest BCUT2D eigenvalue weighted by molar-refractivity contribution is 7.00. The minimum Gasteiger partial charge on any atom is -0.310 e. The number of rotatable bonds is 4. The largest absolute Gasteiger partial charge is 0.310 e. The van der Waals surface area contributed by atoms with Crippen LogP contribution in [0.15, 0.2) is 133 Å². The Morgan fingerprint density at radius 1 is 0.738 bits per heavy atom. The van der Waals surface area contributed by atoms with E-state index in [1.165, 1.54) is 60.2 Å². The second kappa shape index (κ2) is 9.20. The van der Waals surface area contributed by atoms with E-state index in [-0.39, 0.29) is 0 Å². The van der Waals surface area contributed by atoms with Gasteiger partial charge < -0.3 is 9.13 Å². The quantitative estimate of drug-likeness (QED) is 0.152. The third-order valence-electron chi connectivity index (χ3n) is 9.84. The van der Waals surface area contributed by atoms with Gasteiger partial charge in [-0.15, -0.1) is 0 Å². The summed E-state index contributed by atoms with van der Waals surface area (Å²) in [6.07, 6.45) is 9.89. The zero-order valence-corrected chi connectivity index (χ0v) is 25.4. The lowest BCUT2D eigenvalue weighted by molar-refractivity contribution is 0.839. The molecule has 4 aromatic carbocycles. The van der Waals surface area contributed by atoms with E-state index < -0.39 is 8.07 Å². The molecule has 42 heavy (non-hydrogen) atoms. The molecule has 0 radical (unpaired) electrons. The van der Waals surface area contributed by atoms with Gasteiger partial charge in [-0.1, -0.05) is 115 Å². The van der Waals surface area contributed by atoms with Gasteiger partial charge in [-0.05, 0) is 55.3 Å². The SMILES string of the molecule is C=C/C=C\C1=C(C)[Si](C)(C)C2=c3c(n(-c4ccc5c6ccccc6n(-c6ccccc6)c5c4)c4ccccc34)=CCC12. The van der Waals surface area contributed by atoms with Crippen LogP contribution in [0.2, 0.25) is 13.1 Å². The molecule has 3 heteroatoms. The normalized spacial score (nSPS) is 17.8. The van der Waals surface area contributed by atoms with Crippen LogP contribution < -0.4 is 10.6 Å². The van der Waals surface area contributed by atoms with Gasteiger partial charge in [0.1, 0.15) is 8.07 Å². The van der Waals surface area contributed by atoms with E-state index in [1.807, 2.05) is 6.08 Å². The molecule has 0 saturated heterocycles. The van der Waals surface area contributed by atoms with Crippen molar-refractivity contribution in [2.45, 2.75) is 26.4 Å². The minimum atomic E-state index is -1.82. The summed E-state index contributed by atoms with van der Waals surface area (Å²) in [6, 6.07) is 35.6. The Labute approximate surface area is 247 Å². The first-order chi connectivity index (χ1) is 20.5. The third kappa shape index (κ3) is 3.37. The van der Waals surface area contributed by atoms with Crippen molar-refractivity contribution in [3.63, 3.8) is 0 Å². The Kier molecular flexibility index (Phi) is 5.51. The molecular formula is C39H34N2Si. The highest BCUT2D eigenvalue weighted by Crippen LogP contribution is 2.46. The number of allylic oxidation sites excluding steroid dienone is 5. The fraction of sp³-hybridized carbons (Fsp3) is 0.128. The molecule has 2 aromatic heterocycles. The highest BCUT2D eigenvalue weighted by Gasteiger charge is 2.44. The Bertz CT molecular complexity index is 2270. The lowest BCUT2D eigenvalue weighted by Gasteiger charge is -2.25. The van der Waals surface area contributed by atoms with Crippen LogP contribution in [-0.4, -0.2) is 17.2 Å². The fourth-order valence-electron chi connectivity index (χ4n) is 7.76. The second-order valence-electron chi connectivity index (χ2n) is 12.2. The van der Waals surface area contributed by atoms with E-state index in [0.717, 1.165) is 6.42 Å². The number of nitrogens with zero attached hydrogens (tertiary/aromatic N) is 2. The minimum absolute atomic E-state index is 0.456. The third-order valence-corrected chi connectivity index (χ3v) is 13.9. The maximum atomic E-state index is 3.94. The van der Waals surface area contributed by atoms with E-state index in [0.29, 0.717) is 5.92 Å². The van der Waals surface area contributed by atoms with Crippen molar-refractivity contribution in [1.29, 1.82) is 0 Å². The molecule has 8 rings (SSSR count). The molecule has 1 aliphatic carbocycles. The Morgan fingerprint density at radius 2 is 1.40 bits per heavy atom. The molecule has 0 saturated carbocycles. The molecule has 0 spiro atoms. The van der Waals surface area contributed by atoms with Gasteiger partial charge in [0.05, 0.1) is 16.6 Å². The zero-order chi connectivity index (χ0) is 28.6. The summed E-state index contributed by atoms with van der Waals surface area (Å²) >= 11 is 0. The summed E-state index contributed by atoms with van der Waals surface area (Å²) in [4.78, 5) is 0. The van der Waals surface area contributed by atoms with Gasteiger partial charge in [-0.2, -0.15) is 0 Å². The second-order valence-corrected chi connectivity index (χ2v) is 16.7. The van der Waals surface area contributed by atoms with Gasteiger partial charge in [-0.25, -0.2) is 0 Å². The van der Waals surface area contributed by atoms with Gasteiger partial charge in [0, 0.05) is 44.0 Å². The molecule has 1 atom stereocenters. The summed E-state index contributed by atoms with van der Waals surface area (Å²) in [5.41, 5.74) is 7.66. The molecule has 1 unspecified atom stereocenters.